The summed E-state index contributed by atoms with van der Waals surface area (Å²) >= 11 is 1.88. The van der Waals surface area contributed by atoms with Gasteiger partial charge in [0.15, 0.2) is 0 Å². The molecular weight excluding hydrogens is 805 g/mol. The third kappa shape index (κ3) is 5.40. The summed E-state index contributed by atoms with van der Waals surface area (Å²) in [7, 11) is 0. The minimum Gasteiger partial charge on any atom is -0.247 e. The van der Waals surface area contributed by atoms with Gasteiger partial charge in [-0.2, -0.15) is 0 Å². The van der Waals surface area contributed by atoms with Gasteiger partial charge in [-0.25, -0.2) is 9.97 Å². The van der Waals surface area contributed by atoms with E-state index in [1.807, 2.05) is 11.3 Å². The Morgan fingerprint density at radius 1 is 0.277 bits per heavy atom. The number of thiophene rings is 1. The molecule has 0 fully saturated rings. The Labute approximate surface area is 378 Å². The van der Waals surface area contributed by atoms with Crippen molar-refractivity contribution < 1.29 is 0 Å². The van der Waals surface area contributed by atoms with Crippen molar-refractivity contribution in [1.29, 1.82) is 0 Å². The first-order valence-corrected chi connectivity index (χ1v) is 23.1. The predicted octanol–water partition coefficient (Wildman–Crippen LogP) is 17.6. The summed E-state index contributed by atoms with van der Waals surface area (Å²) in [5.74, 6) is 0. The second-order valence-corrected chi connectivity index (χ2v) is 18.2. The Morgan fingerprint density at radius 3 is 1.46 bits per heavy atom. The molecule has 3 heterocycles. The standard InChI is InChI=1S/C62H36N2S/c1-3-17-37(18-4-1)60-50-34-33-47-41-22-14-16-30-55(41)65-62(47)59(50)49-32-31-39(35-54(49)64-60)56-43-24-9-11-26-45(43)57(46-27-12-10-25-44(46)56)51-36-52-58(42-23-8-7-21-40(42)51)48-28-13-15-29-53(48)63-61(52)38-19-5-2-6-20-38/h1-36H. The van der Waals surface area contributed by atoms with E-state index in [0.29, 0.717) is 0 Å². The molecule has 0 saturated heterocycles. The molecule has 300 valence electrons. The highest BCUT2D eigenvalue weighted by molar-refractivity contribution is 7.26. The Hall–Kier alpha value is -8.24. The van der Waals surface area contributed by atoms with Crippen molar-refractivity contribution in [3.63, 3.8) is 0 Å². The fourth-order valence-corrected chi connectivity index (χ4v) is 12.1. The molecule has 65 heavy (non-hydrogen) atoms. The van der Waals surface area contributed by atoms with Crippen LogP contribution in [0.25, 0.3) is 141 Å². The normalized spacial score (nSPS) is 12.0. The van der Waals surface area contributed by atoms with Crippen LogP contribution in [0.5, 0.6) is 0 Å². The van der Waals surface area contributed by atoms with Gasteiger partial charge in [0.2, 0.25) is 0 Å². The number of hydrogen-bond donors (Lipinski definition) is 0. The average molecular weight is 841 g/mol. The van der Waals surface area contributed by atoms with E-state index in [1.165, 1.54) is 90.7 Å². The maximum atomic E-state index is 5.56. The lowest BCUT2D eigenvalue weighted by atomic mass is 9.83. The Bertz CT molecular complexity index is 4230. The van der Waals surface area contributed by atoms with Crippen molar-refractivity contribution in [2.75, 3.05) is 0 Å². The highest BCUT2D eigenvalue weighted by Crippen LogP contribution is 2.50. The number of aromatic nitrogens is 2. The van der Waals surface area contributed by atoms with Gasteiger partial charge in [0.25, 0.3) is 0 Å². The Kier molecular flexibility index (Phi) is 7.89. The van der Waals surface area contributed by atoms with Crippen LogP contribution >= 0.6 is 11.3 Å². The fraction of sp³-hybridized carbons (Fsp3) is 0. The third-order valence-corrected chi connectivity index (χ3v) is 14.8. The lowest BCUT2D eigenvalue weighted by molar-refractivity contribution is 1.43. The molecule has 0 spiro atoms. The second-order valence-electron chi connectivity index (χ2n) is 17.1. The predicted molar refractivity (Wildman–Crippen MR) is 279 cm³/mol. The molecule has 0 N–H and O–H groups in total. The SMILES string of the molecule is c1ccc(-c2nc3ccccc3c3c2cc(-c2c4ccccc4c(-c4ccc5c(c4)nc(-c4ccccc4)c4ccc6c7ccccc7sc6c45)c4ccccc24)c2ccccc23)cc1. The minimum atomic E-state index is 0.990. The van der Waals surface area contributed by atoms with Gasteiger partial charge in [-0.3, -0.25) is 0 Å². The summed E-state index contributed by atoms with van der Waals surface area (Å²) in [4.78, 5) is 10.9. The van der Waals surface area contributed by atoms with E-state index >= 15 is 0 Å². The quantitative estimate of drug-likeness (QED) is 0.130. The molecule has 0 amide bonds. The Morgan fingerprint density at radius 2 is 0.769 bits per heavy atom. The topological polar surface area (TPSA) is 25.8 Å². The molecular formula is C62H36N2S. The van der Waals surface area contributed by atoms with Gasteiger partial charge in [0, 0.05) is 63.6 Å². The molecule has 11 aromatic carbocycles. The van der Waals surface area contributed by atoms with E-state index in [9.17, 15) is 0 Å². The van der Waals surface area contributed by atoms with Gasteiger partial charge < -0.3 is 0 Å². The van der Waals surface area contributed by atoms with E-state index < -0.39 is 0 Å². The molecule has 3 aromatic heterocycles. The van der Waals surface area contributed by atoms with Gasteiger partial charge in [-0.1, -0.05) is 194 Å². The van der Waals surface area contributed by atoms with Gasteiger partial charge in [-0.15, -0.1) is 11.3 Å². The lowest BCUT2D eigenvalue weighted by Gasteiger charge is -2.21. The lowest BCUT2D eigenvalue weighted by Crippen LogP contribution is -1.95. The van der Waals surface area contributed by atoms with Crippen molar-refractivity contribution >= 4 is 107 Å². The van der Waals surface area contributed by atoms with E-state index in [-0.39, 0.29) is 0 Å². The number of para-hydroxylation sites is 1. The average Bonchev–Trinajstić information content (AvgIpc) is 3.76. The zero-order chi connectivity index (χ0) is 42.6. The van der Waals surface area contributed by atoms with Crippen LogP contribution in [0.15, 0.2) is 218 Å². The van der Waals surface area contributed by atoms with Crippen LogP contribution in [0, 0.1) is 0 Å². The number of pyridine rings is 2. The largest absolute Gasteiger partial charge is 0.247 e. The maximum Gasteiger partial charge on any atom is 0.0788 e. The van der Waals surface area contributed by atoms with Gasteiger partial charge >= 0.3 is 0 Å². The van der Waals surface area contributed by atoms with Crippen molar-refractivity contribution in [2.45, 2.75) is 0 Å². The number of benzene rings is 11. The molecule has 3 heteroatoms. The summed E-state index contributed by atoms with van der Waals surface area (Å²) < 4.78 is 2.61. The fourth-order valence-electron chi connectivity index (χ4n) is 10.8. The van der Waals surface area contributed by atoms with Gasteiger partial charge in [0.1, 0.15) is 0 Å². The van der Waals surface area contributed by atoms with Crippen LogP contribution in [0.2, 0.25) is 0 Å². The molecule has 14 aromatic rings. The molecule has 14 rings (SSSR count). The third-order valence-electron chi connectivity index (χ3n) is 13.6. The summed E-state index contributed by atoms with van der Waals surface area (Å²) in [6, 6.07) is 79.7. The molecule has 0 bridgehead atoms. The zero-order valence-corrected chi connectivity index (χ0v) is 35.9. The first-order valence-electron chi connectivity index (χ1n) is 22.2. The van der Waals surface area contributed by atoms with E-state index in [4.69, 9.17) is 9.97 Å². The van der Waals surface area contributed by atoms with Gasteiger partial charge in [0.05, 0.1) is 22.4 Å². The first kappa shape index (κ1) is 36.3. The zero-order valence-electron chi connectivity index (χ0n) is 35.1. The van der Waals surface area contributed by atoms with Crippen LogP contribution in [-0.4, -0.2) is 9.97 Å². The number of rotatable bonds is 4. The van der Waals surface area contributed by atoms with Crippen LogP contribution < -0.4 is 0 Å². The van der Waals surface area contributed by atoms with E-state index in [0.717, 1.165) is 49.9 Å². The van der Waals surface area contributed by atoms with Crippen molar-refractivity contribution in [3.8, 4) is 44.8 Å². The van der Waals surface area contributed by atoms with Crippen molar-refractivity contribution in [1.82, 2.24) is 9.97 Å². The highest BCUT2D eigenvalue weighted by Gasteiger charge is 2.23. The first-order chi connectivity index (χ1) is 32.3. The number of fused-ring (bicyclic) bond motifs is 14. The molecule has 0 saturated carbocycles. The molecule has 0 aliphatic heterocycles. The minimum absolute atomic E-state index is 0.990. The smallest absolute Gasteiger partial charge is 0.0788 e. The van der Waals surface area contributed by atoms with E-state index in [1.54, 1.807) is 0 Å². The summed E-state index contributed by atoms with van der Waals surface area (Å²) in [5, 5.41) is 17.0. The van der Waals surface area contributed by atoms with Crippen LogP contribution in [0.3, 0.4) is 0 Å². The molecule has 0 radical (unpaired) electrons. The molecule has 0 atom stereocenters. The molecule has 0 unspecified atom stereocenters. The van der Waals surface area contributed by atoms with Crippen molar-refractivity contribution in [3.05, 3.63) is 218 Å². The van der Waals surface area contributed by atoms with E-state index in [2.05, 4.69) is 218 Å². The highest BCUT2D eigenvalue weighted by atomic mass is 32.1. The monoisotopic (exact) mass is 840 g/mol. The second kappa shape index (κ2) is 14.1. The number of nitrogens with zero attached hydrogens (tertiary/aromatic N) is 2. The number of hydrogen-bond acceptors (Lipinski definition) is 3. The van der Waals surface area contributed by atoms with Crippen LogP contribution in [0.1, 0.15) is 0 Å². The Balaban J connectivity index is 1.08. The maximum absolute atomic E-state index is 5.56. The summed E-state index contributed by atoms with van der Waals surface area (Å²) in [6.45, 7) is 0. The van der Waals surface area contributed by atoms with Crippen LogP contribution in [-0.2, 0) is 0 Å². The molecule has 0 aliphatic carbocycles. The van der Waals surface area contributed by atoms with Crippen molar-refractivity contribution in [2.24, 2.45) is 0 Å². The van der Waals surface area contributed by atoms with Gasteiger partial charge in [-0.05, 0) is 78.8 Å². The molecule has 0 aliphatic rings. The summed E-state index contributed by atoms with van der Waals surface area (Å²) in [6.07, 6.45) is 0. The summed E-state index contributed by atoms with van der Waals surface area (Å²) in [5.41, 5.74) is 11.0. The molecule has 2 nitrogen and oxygen atoms in total. The van der Waals surface area contributed by atoms with Crippen LogP contribution in [0.4, 0.5) is 0 Å².